The largest absolute Gasteiger partial charge is 0.411 e. The highest BCUT2D eigenvalue weighted by molar-refractivity contribution is 8.19. The molecule has 0 amide bonds. The van der Waals surface area contributed by atoms with Crippen LogP contribution in [0.15, 0.2) is 60.7 Å². The average molecular weight is 843 g/mol. The van der Waals surface area contributed by atoms with Gasteiger partial charge in [0.05, 0.1) is 37.6 Å². The Balaban J connectivity index is 1.28. The van der Waals surface area contributed by atoms with E-state index in [1.54, 1.807) is 23.5 Å². The molecular weight excluding hydrogens is 773 g/mol. The van der Waals surface area contributed by atoms with E-state index >= 15 is 0 Å². The van der Waals surface area contributed by atoms with E-state index in [-0.39, 0.29) is 64.8 Å². The fraction of sp³-hybridized carbons (Fsp3) is 0.689. The van der Waals surface area contributed by atoms with Crippen molar-refractivity contribution >= 4 is 62.1 Å². The van der Waals surface area contributed by atoms with Gasteiger partial charge in [-0.1, -0.05) is 109 Å². The molecule has 3 fully saturated rings. The first-order chi connectivity index (χ1) is 26.2. The maximum atomic E-state index is 14.0. The van der Waals surface area contributed by atoms with Crippen LogP contribution in [0.25, 0.3) is 0 Å². The quantitative estimate of drug-likeness (QED) is 0.145. The van der Waals surface area contributed by atoms with E-state index in [4.69, 9.17) is 23.1 Å². The van der Waals surface area contributed by atoms with Gasteiger partial charge < -0.3 is 23.1 Å². The molecule has 0 unspecified atom stereocenters. The van der Waals surface area contributed by atoms with Gasteiger partial charge in [-0.3, -0.25) is 9.59 Å². The molecule has 0 radical (unpaired) electrons. The molecule has 3 heterocycles. The van der Waals surface area contributed by atoms with E-state index in [0.29, 0.717) is 19.6 Å². The highest BCUT2D eigenvalue weighted by atomic mass is 32.2. The van der Waals surface area contributed by atoms with E-state index < -0.39 is 26.5 Å². The molecule has 5 rings (SSSR count). The molecule has 2 aromatic rings. The predicted octanol–water partition coefficient (Wildman–Crippen LogP) is 9.55. The number of carbonyl (C=O) groups is 2. The van der Waals surface area contributed by atoms with Crippen molar-refractivity contribution in [1.82, 2.24) is 0 Å². The Morgan fingerprint density at radius 3 is 1.98 bits per heavy atom. The number of carbonyl (C=O) groups excluding carboxylic acids is 2. The molecule has 0 aromatic heterocycles. The van der Waals surface area contributed by atoms with Crippen LogP contribution < -0.4 is 10.4 Å². The van der Waals surface area contributed by atoms with Gasteiger partial charge in [-0.25, -0.2) is 0 Å². The average Bonchev–Trinajstić information content (AvgIpc) is 3.69. The number of ketones is 2. The number of benzene rings is 2. The summed E-state index contributed by atoms with van der Waals surface area (Å²) in [6.07, 6.45) is 3.85. The zero-order valence-electron chi connectivity index (χ0n) is 36.1. The summed E-state index contributed by atoms with van der Waals surface area (Å²) >= 11 is 3.53. The Kier molecular flexibility index (Phi) is 15.2. The first-order valence-corrected chi connectivity index (χ1v) is 27.7. The zero-order valence-corrected chi connectivity index (χ0v) is 39.7. The Morgan fingerprint density at radius 2 is 1.46 bits per heavy atom. The van der Waals surface area contributed by atoms with Gasteiger partial charge in [-0.05, 0) is 84.6 Å². The second-order valence-corrected chi connectivity index (χ2v) is 31.4. The lowest BCUT2D eigenvalue weighted by molar-refractivity contribution is -0.139. The van der Waals surface area contributed by atoms with E-state index in [2.05, 4.69) is 115 Å². The van der Waals surface area contributed by atoms with Crippen molar-refractivity contribution < 1.29 is 32.7 Å². The summed E-state index contributed by atoms with van der Waals surface area (Å²) in [5.74, 6) is 1.39. The van der Waals surface area contributed by atoms with Crippen LogP contribution >= 0.6 is 23.5 Å². The van der Waals surface area contributed by atoms with Crippen molar-refractivity contribution in [3.8, 4) is 0 Å². The number of hydrogen-bond acceptors (Lipinski definition) is 9. The fourth-order valence-corrected chi connectivity index (χ4v) is 17.5. The molecule has 7 nitrogen and oxygen atoms in total. The van der Waals surface area contributed by atoms with Crippen LogP contribution in [0.4, 0.5) is 0 Å². The molecule has 3 saturated heterocycles. The van der Waals surface area contributed by atoms with Gasteiger partial charge in [0, 0.05) is 25.2 Å². The van der Waals surface area contributed by atoms with Crippen LogP contribution in [0.2, 0.25) is 23.2 Å². The van der Waals surface area contributed by atoms with Gasteiger partial charge in [0.2, 0.25) is 0 Å². The molecule has 0 saturated carbocycles. The van der Waals surface area contributed by atoms with Crippen LogP contribution in [0.3, 0.4) is 0 Å². The lowest BCUT2D eigenvalue weighted by Crippen LogP contribution is -2.67. The summed E-state index contributed by atoms with van der Waals surface area (Å²) in [6.45, 7) is 25.2. The third-order valence-electron chi connectivity index (χ3n) is 12.4. The summed E-state index contributed by atoms with van der Waals surface area (Å²) < 4.78 is 32.7. The van der Waals surface area contributed by atoms with Crippen molar-refractivity contribution in [1.29, 1.82) is 0 Å². The van der Waals surface area contributed by atoms with Crippen LogP contribution in [-0.2, 0) is 32.7 Å². The second-order valence-electron chi connectivity index (χ2n) is 19.2. The maximum absolute atomic E-state index is 14.0. The van der Waals surface area contributed by atoms with Crippen LogP contribution in [0.1, 0.15) is 107 Å². The van der Waals surface area contributed by atoms with Gasteiger partial charge in [-0.15, -0.1) is 23.5 Å². The molecular formula is C45H70O7S2Si2. The molecule has 3 aliphatic heterocycles. The number of rotatable bonds is 17. The highest BCUT2D eigenvalue weighted by Gasteiger charge is 2.52. The molecule has 0 N–H and O–H groups in total. The first-order valence-electron chi connectivity index (χ1n) is 20.9. The van der Waals surface area contributed by atoms with Crippen molar-refractivity contribution in [3.05, 3.63) is 60.7 Å². The molecule has 2 aromatic carbocycles. The molecule has 312 valence electrons. The summed E-state index contributed by atoms with van der Waals surface area (Å²) in [6, 6.07) is 21.5. The van der Waals surface area contributed by atoms with Gasteiger partial charge in [-0.2, -0.15) is 0 Å². The third-order valence-corrected chi connectivity index (χ3v) is 25.4. The van der Waals surface area contributed by atoms with Gasteiger partial charge in [0.15, 0.2) is 19.9 Å². The third kappa shape index (κ3) is 10.9. The Bertz CT molecular complexity index is 1550. The van der Waals surface area contributed by atoms with Crippen molar-refractivity contribution in [2.24, 2.45) is 5.92 Å². The fourth-order valence-electron chi connectivity index (χ4n) is 8.20. The van der Waals surface area contributed by atoms with Crippen molar-refractivity contribution in [3.63, 3.8) is 0 Å². The molecule has 0 aliphatic carbocycles. The molecule has 11 heteroatoms. The highest BCUT2D eigenvalue weighted by Crippen LogP contribution is 2.48. The standard InChI is InChI=1S/C45H70O7S2Si2/c1-33(38(46)23-24-41(47)45(53-27-18-28-54-45)26-25-34-31-48-44(8,9)51-34)29-39-40(52-55(10,11)42(2,3)4)30-35(50-39)32-49-56(43(5,6)7,36-19-14-12-15-20-36)37-21-16-13-17-22-37/h12-17,19-22,33-35,39-40H,18,23-32H2,1-11H3/t33-,34-,35+,39-,40-/m0/s1. The molecule has 0 spiro atoms. The van der Waals surface area contributed by atoms with Gasteiger partial charge in [0.25, 0.3) is 8.32 Å². The zero-order chi connectivity index (χ0) is 41.0. The van der Waals surface area contributed by atoms with E-state index in [9.17, 15) is 9.59 Å². The van der Waals surface area contributed by atoms with Crippen LogP contribution in [0.5, 0.6) is 0 Å². The molecule has 0 bridgehead atoms. The van der Waals surface area contributed by atoms with E-state index in [0.717, 1.165) is 37.2 Å². The minimum Gasteiger partial charge on any atom is -0.411 e. The Labute approximate surface area is 349 Å². The minimum absolute atomic E-state index is 0.00881. The normalized spacial score (nSPS) is 24.9. The minimum atomic E-state index is -2.76. The van der Waals surface area contributed by atoms with Crippen LogP contribution in [0, 0.1) is 5.92 Å². The number of Topliss-reactive ketones (excluding diaryl/α,β-unsaturated/α-hetero) is 2. The first kappa shape index (κ1) is 45.8. The summed E-state index contributed by atoms with van der Waals surface area (Å²) in [5, 5.41) is 2.37. The van der Waals surface area contributed by atoms with Gasteiger partial charge >= 0.3 is 0 Å². The lowest BCUT2D eigenvalue weighted by Gasteiger charge is -2.43. The second kappa shape index (κ2) is 18.5. The maximum Gasteiger partial charge on any atom is 0.261 e. The smallest absolute Gasteiger partial charge is 0.261 e. The van der Waals surface area contributed by atoms with Crippen molar-refractivity contribution in [2.75, 3.05) is 24.7 Å². The topological polar surface area (TPSA) is 80.3 Å². The molecule has 56 heavy (non-hydrogen) atoms. The SMILES string of the molecule is C[C@@H](C[C@@H]1O[C@@H](CO[Si](c2ccccc2)(c2ccccc2)C(C)(C)C)C[C@@H]1O[Si](C)(C)C(C)(C)C)C(=O)CCC(=O)C1(CC[C@H]2COC(C)(C)O2)SCCCS1. The number of ether oxygens (including phenoxy) is 3. The van der Waals surface area contributed by atoms with E-state index in [1.807, 2.05) is 20.8 Å². The predicted molar refractivity (Wildman–Crippen MR) is 238 cm³/mol. The van der Waals surface area contributed by atoms with Crippen molar-refractivity contribution in [2.45, 2.75) is 165 Å². The Morgan fingerprint density at radius 1 is 0.875 bits per heavy atom. The van der Waals surface area contributed by atoms with Gasteiger partial charge in [0.1, 0.15) is 9.86 Å². The Hall–Kier alpha value is -1.29. The summed E-state index contributed by atoms with van der Waals surface area (Å²) in [4.78, 5) is 27.8. The summed E-state index contributed by atoms with van der Waals surface area (Å²) in [7, 11) is -4.93. The van der Waals surface area contributed by atoms with Crippen LogP contribution in [-0.4, -0.2) is 87.2 Å². The lowest BCUT2D eigenvalue weighted by atomic mass is 9.92. The number of hydrogen-bond donors (Lipinski definition) is 0. The molecule has 3 aliphatic rings. The monoisotopic (exact) mass is 842 g/mol. The summed E-state index contributed by atoms with van der Waals surface area (Å²) in [5.41, 5.74) is 0. The number of thioether (sulfide) groups is 2. The molecule has 5 atom stereocenters. The van der Waals surface area contributed by atoms with E-state index in [1.165, 1.54) is 10.4 Å².